The van der Waals surface area contributed by atoms with Gasteiger partial charge in [-0.05, 0) is 42.5 Å². The van der Waals surface area contributed by atoms with Crippen molar-refractivity contribution in [3.05, 3.63) is 59.2 Å². The molecule has 5 heteroatoms. The molecule has 0 aliphatic heterocycles. The van der Waals surface area contributed by atoms with Crippen LogP contribution in [0.25, 0.3) is 0 Å². The van der Waals surface area contributed by atoms with Crippen LogP contribution in [0.15, 0.2) is 42.5 Å². The van der Waals surface area contributed by atoms with Gasteiger partial charge in [0.05, 0.1) is 14.2 Å². The Balaban J connectivity index is 2.29. The predicted molar refractivity (Wildman–Crippen MR) is 84.5 cm³/mol. The largest absolute Gasteiger partial charge is 0.497 e. The van der Waals surface area contributed by atoms with Crippen LogP contribution in [-0.2, 0) is 4.74 Å². The van der Waals surface area contributed by atoms with Crippen LogP contribution in [0.4, 0.5) is 0 Å². The van der Waals surface area contributed by atoms with Crippen LogP contribution in [0, 0.1) is 11.8 Å². The fourth-order valence-corrected chi connectivity index (χ4v) is 1.89. The molecule has 0 aliphatic rings. The van der Waals surface area contributed by atoms with Crippen LogP contribution in [0.1, 0.15) is 21.5 Å². The first-order chi connectivity index (χ1) is 11.2. The van der Waals surface area contributed by atoms with Gasteiger partial charge in [-0.3, -0.25) is 0 Å². The lowest BCUT2D eigenvalue weighted by Crippen LogP contribution is -2.06. The first kappa shape index (κ1) is 16.4. The molecule has 2 aromatic rings. The minimum atomic E-state index is -0.554. The molecule has 0 unspecified atom stereocenters. The van der Waals surface area contributed by atoms with Gasteiger partial charge in [-0.15, -0.1) is 0 Å². The molecule has 2 rings (SSSR count). The Hall–Kier alpha value is -2.97. The van der Waals surface area contributed by atoms with Crippen molar-refractivity contribution in [1.29, 1.82) is 0 Å². The van der Waals surface area contributed by atoms with E-state index in [1.165, 1.54) is 7.11 Å². The molecule has 1 N–H and O–H groups in total. The molecule has 0 aliphatic carbocycles. The standard InChI is InChI=1S/C18H16O5/c1-21-15-8-5-13(6-9-15)3-4-14-7-10-17(23-12-19)16(11-14)18(20)22-2/h5-11,19H,12H2,1-2H3. The van der Waals surface area contributed by atoms with E-state index in [1.807, 2.05) is 24.3 Å². The quantitative estimate of drug-likeness (QED) is 0.533. The van der Waals surface area contributed by atoms with E-state index in [4.69, 9.17) is 19.3 Å². The number of methoxy groups -OCH3 is 2. The monoisotopic (exact) mass is 312 g/mol. The molecule has 0 spiro atoms. The fourth-order valence-electron chi connectivity index (χ4n) is 1.89. The third kappa shape index (κ3) is 4.25. The lowest BCUT2D eigenvalue weighted by molar-refractivity contribution is 0.0582. The number of esters is 1. The summed E-state index contributed by atoms with van der Waals surface area (Å²) in [7, 11) is 2.88. The number of aliphatic hydroxyl groups is 1. The average Bonchev–Trinajstić information content (AvgIpc) is 2.60. The number of hydrogen-bond donors (Lipinski definition) is 1. The van der Waals surface area contributed by atoms with Crippen molar-refractivity contribution in [3.63, 3.8) is 0 Å². The molecule has 118 valence electrons. The first-order valence-electron chi connectivity index (χ1n) is 6.80. The Morgan fingerprint density at radius 2 is 1.70 bits per heavy atom. The van der Waals surface area contributed by atoms with E-state index >= 15 is 0 Å². The van der Waals surface area contributed by atoms with Crippen LogP contribution < -0.4 is 9.47 Å². The fraction of sp³-hybridized carbons (Fsp3) is 0.167. The summed E-state index contributed by atoms with van der Waals surface area (Å²) < 4.78 is 14.8. The van der Waals surface area contributed by atoms with Crippen LogP contribution >= 0.6 is 0 Å². The molecule has 23 heavy (non-hydrogen) atoms. The highest BCUT2D eigenvalue weighted by Crippen LogP contribution is 2.21. The van der Waals surface area contributed by atoms with Crippen molar-refractivity contribution < 1.29 is 24.1 Å². The SMILES string of the molecule is COC(=O)c1cc(C#Cc2ccc(OC)cc2)ccc1OCO. The maximum Gasteiger partial charge on any atom is 0.341 e. The Bertz CT molecular complexity index is 738. The van der Waals surface area contributed by atoms with Crippen molar-refractivity contribution in [2.75, 3.05) is 21.0 Å². The number of carbonyl (C=O) groups excluding carboxylic acids is 1. The topological polar surface area (TPSA) is 65.0 Å². The summed E-state index contributed by atoms with van der Waals surface area (Å²) in [5, 5.41) is 8.85. The van der Waals surface area contributed by atoms with Gasteiger partial charge in [0, 0.05) is 11.1 Å². The van der Waals surface area contributed by atoms with Gasteiger partial charge in [-0.1, -0.05) is 11.8 Å². The van der Waals surface area contributed by atoms with Crippen LogP contribution in [0.2, 0.25) is 0 Å². The maximum absolute atomic E-state index is 11.8. The van der Waals surface area contributed by atoms with Crippen molar-refractivity contribution >= 4 is 5.97 Å². The normalized spacial score (nSPS) is 9.52. The second kappa shape index (κ2) is 7.87. The Labute approximate surface area is 134 Å². The number of benzene rings is 2. The molecule has 0 saturated heterocycles. The molecule has 0 aromatic heterocycles. The smallest absolute Gasteiger partial charge is 0.341 e. The molecule has 5 nitrogen and oxygen atoms in total. The van der Waals surface area contributed by atoms with Gasteiger partial charge in [0.2, 0.25) is 0 Å². The van der Waals surface area contributed by atoms with Crippen molar-refractivity contribution in [2.24, 2.45) is 0 Å². The summed E-state index contributed by atoms with van der Waals surface area (Å²) in [6.45, 7) is -0.527. The van der Waals surface area contributed by atoms with Gasteiger partial charge in [-0.25, -0.2) is 4.79 Å². The van der Waals surface area contributed by atoms with Crippen molar-refractivity contribution in [1.82, 2.24) is 0 Å². The summed E-state index contributed by atoms with van der Waals surface area (Å²) in [6, 6.07) is 12.2. The molecule has 0 amide bonds. The summed E-state index contributed by atoms with van der Waals surface area (Å²) >= 11 is 0. The summed E-state index contributed by atoms with van der Waals surface area (Å²) in [4.78, 5) is 11.8. The minimum absolute atomic E-state index is 0.211. The Morgan fingerprint density at radius 3 is 2.30 bits per heavy atom. The van der Waals surface area contributed by atoms with E-state index < -0.39 is 12.8 Å². The van der Waals surface area contributed by atoms with Crippen molar-refractivity contribution in [3.8, 4) is 23.3 Å². The Kier molecular flexibility index (Phi) is 5.61. The highest BCUT2D eigenvalue weighted by atomic mass is 16.6. The predicted octanol–water partition coefficient (Wildman–Crippen LogP) is 2.21. The van der Waals surface area contributed by atoms with Crippen LogP contribution in [-0.4, -0.2) is 32.1 Å². The highest BCUT2D eigenvalue weighted by molar-refractivity contribution is 5.92. The second-order valence-corrected chi connectivity index (χ2v) is 4.45. The molecule has 0 heterocycles. The molecular formula is C18H16O5. The Morgan fingerprint density at radius 1 is 1.04 bits per heavy atom. The number of rotatable bonds is 4. The molecular weight excluding hydrogens is 296 g/mol. The lowest BCUT2D eigenvalue weighted by Gasteiger charge is -2.08. The highest BCUT2D eigenvalue weighted by Gasteiger charge is 2.13. The molecule has 0 fully saturated rings. The van der Waals surface area contributed by atoms with E-state index in [-0.39, 0.29) is 11.3 Å². The van der Waals surface area contributed by atoms with Gasteiger partial charge in [-0.2, -0.15) is 0 Å². The van der Waals surface area contributed by atoms with Gasteiger partial charge in [0.25, 0.3) is 0 Å². The van der Waals surface area contributed by atoms with Crippen LogP contribution in [0.5, 0.6) is 11.5 Å². The molecule has 0 atom stereocenters. The van der Waals surface area contributed by atoms with E-state index in [2.05, 4.69) is 11.8 Å². The van der Waals surface area contributed by atoms with E-state index in [1.54, 1.807) is 25.3 Å². The van der Waals surface area contributed by atoms with E-state index in [9.17, 15) is 4.79 Å². The first-order valence-corrected chi connectivity index (χ1v) is 6.80. The summed E-state index contributed by atoms with van der Waals surface area (Å²) in [5.41, 5.74) is 1.66. The second-order valence-electron chi connectivity index (χ2n) is 4.45. The maximum atomic E-state index is 11.8. The third-order valence-electron chi connectivity index (χ3n) is 3.05. The number of aliphatic hydroxyl groups excluding tert-OH is 1. The zero-order valence-corrected chi connectivity index (χ0v) is 12.8. The zero-order chi connectivity index (χ0) is 16.7. The number of carbonyl (C=O) groups is 1. The van der Waals surface area contributed by atoms with Gasteiger partial charge < -0.3 is 19.3 Å². The van der Waals surface area contributed by atoms with Crippen LogP contribution in [0.3, 0.4) is 0 Å². The molecule has 0 bridgehead atoms. The summed E-state index contributed by atoms with van der Waals surface area (Å²) in [5.74, 6) is 6.42. The third-order valence-corrected chi connectivity index (χ3v) is 3.05. The van der Waals surface area contributed by atoms with Crippen molar-refractivity contribution in [2.45, 2.75) is 0 Å². The van der Waals surface area contributed by atoms with E-state index in [0.29, 0.717) is 5.56 Å². The number of hydrogen-bond acceptors (Lipinski definition) is 5. The summed E-state index contributed by atoms with van der Waals surface area (Å²) in [6.07, 6.45) is 0. The van der Waals surface area contributed by atoms with Gasteiger partial charge in [0.15, 0.2) is 6.79 Å². The van der Waals surface area contributed by atoms with Gasteiger partial charge in [0.1, 0.15) is 17.1 Å². The van der Waals surface area contributed by atoms with Gasteiger partial charge >= 0.3 is 5.97 Å². The zero-order valence-electron chi connectivity index (χ0n) is 12.8. The lowest BCUT2D eigenvalue weighted by atomic mass is 10.1. The van der Waals surface area contributed by atoms with E-state index in [0.717, 1.165) is 11.3 Å². The minimum Gasteiger partial charge on any atom is -0.497 e. The average molecular weight is 312 g/mol. The number of ether oxygens (including phenoxy) is 3. The molecule has 0 saturated carbocycles. The molecule has 0 radical (unpaired) electrons. The molecule has 2 aromatic carbocycles.